The highest BCUT2D eigenvalue weighted by molar-refractivity contribution is 5.96. The molecule has 0 aromatic rings. The van der Waals surface area contributed by atoms with Crippen molar-refractivity contribution in [2.45, 2.75) is 57.3 Å². The molecule has 158 valence electrons. The number of carbonyl (C=O) groups excluding carboxylic acids is 5. The minimum absolute atomic E-state index is 0.184. The van der Waals surface area contributed by atoms with Gasteiger partial charge >= 0.3 is 5.97 Å². The molecule has 0 spiro atoms. The molecule has 28 heavy (non-hydrogen) atoms. The van der Waals surface area contributed by atoms with Gasteiger partial charge in [-0.05, 0) is 20.3 Å². The van der Waals surface area contributed by atoms with E-state index in [0.717, 1.165) is 0 Å². The van der Waals surface area contributed by atoms with Crippen molar-refractivity contribution < 1.29 is 33.9 Å². The van der Waals surface area contributed by atoms with Crippen molar-refractivity contribution in [2.24, 2.45) is 17.2 Å². The number of hydrogen-bond donors (Lipinski definition) is 7. The topological polar surface area (TPSA) is 237 Å². The first-order chi connectivity index (χ1) is 12.8. The molecule has 0 aromatic heterocycles. The predicted octanol–water partition coefficient (Wildman–Crippen LogP) is -3.97. The van der Waals surface area contributed by atoms with E-state index in [1.807, 2.05) is 0 Å². The number of primary amides is 2. The average molecular weight is 402 g/mol. The van der Waals surface area contributed by atoms with Crippen LogP contribution in [0.2, 0.25) is 0 Å². The fourth-order valence-electron chi connectivity index (χ4n) is 1.92. The SMILES string of the molecule is CC(N)C(=O)NC(CCC(N)=O)C(=O)NC(CC(N)=O)C(=O)NC(C)C(=O)O. The lowest BCUT2D eigenvalue weighted by Crippen LogP contribution is -2.57. The van der Waals surface area contributed by atoms with E-state index < -0.39 is 66.1 Å². The highest BCUT2D eigenvalue weighted by atomic mass is 16.4. The highest BCUT2D eigenvalue weighted by Gasteiger charge is 2.30. The van der Waals surface area contributed by atoms with Gasteiger partial charge in [0, 0.05) is 6.42 Å². The summed E-state index contributed by atoms with van der Waals surface area (Å²) < 4.78 is 0. The summed E-state index contributed by atoms with van der Waals surface area (Å²) in [6, 6.07) is -5.01. The maximum Gasteiger partial charge on any atom is 0.325 e. The van der Waals surface area contributed by atoms with E-state index in [0.29, 0.717) is 0 Å². The quantitative estimate of drug-likeness (QED) is 0.169. The summed E-state index contributed by atoms with van der Waals surface area (Å²) >= 11 is 0. The Bertz CT molecular complexity index is 636. The van der Waals surface area contributed by atoms with E-state index in [9.17, 15) is 28.8 Å². The van der Waals surface area contributed by atoms with Gasteiger partial charge in [-0.25, -0.2) is 0 Å². The standard InChI is InChI=1S/C15H26N6O7/c1-6(16)12(24)20-8(3-4-10(17)22)13(25)21-9(5-11(18)23)14(26)19-7(2)15(27)28/h6-9H,3-5,16H2,1-2H3,(H2,17,22)(H2,18,23)(H,19,26)(H,20,24)(H,21,25)(H,27,28). The van der Waals surface area contributed by atoms with Crippen LogP contribution in [-0.4, -0.2) is 64.8 Å². The third kappa shape index (κ3) is 9.47. The van der Waals surface area contributed by atoms with Crippen LogP contribution in [0.5, 0.6) is 0 Å². The van der Waals surface area contributed by atoms with E-state index in [1.165, 1.54) is 13.8 Å². The molecule has 13 heteroatoms. The lowest BCUT2D eigenvalue weighted by molar-refractivity contribution is -0.142. The van der Waals surface area contributed by atoms with Crippen molar-refractivity contribution >= 4 is 35.5 Å². The number of hydrogen-bond acceptors (Lipinski definition) is 7. The van der Waals surface area contributed by atoms with E-state index >= 15 is 0 Å². The van der Waals surface area contributed by atoms with Gasteiger partial charge in [0.15, 0.2) is 0 Å². The maximum atomic E-state index is 12.5. The Balaban J connectivity index is 5.33. The maximum absolute atomic E-state index is 12.5. The fraction of sp³-hybridized carbons (Fsp3) is 0.600. The van der Waals surface area contributed by atoms with Crippen LogP contribution in [0, 0.1) is 0 Å². The van der Waals surface area contributed by atoms with E-state index in [2.05, 4.69) is 16.0 Å². The fourth-order valence-corrected chi connectivity index (χ4v) is 1.92. The third-order valence-corrected chi connectivity index (χ3v) is 3.49. The molecule has 13 nitrogen and oxygen atoms in total. The predicted molar refractivity (Wildman–Crippen MR) is 95.0 cm³/mol. The normalized spacial score (nSPS) is 14.7. The summed E-state index contributed by atoms with van der Waals surface area (Å²) in [5, 5.41) is 15.4. The number of carboxylic acid groups (broad SMARTS) is 1. The van der Waals surface area contributed by atoms with E-state index in [-0.39, 0.29) is 12.8 Å². The Morgan fingerprint density at radius 2 is 1.32 bits per heavy atom. The van der Waals surface area contributed by atoms with Gasteiger partial charge in [0.05, 0.1) is 12.5 Å². The molecule has 4 atom stereocenters. The van der Waals surface area contributed by atoms with Crippen molar-refractivity contribution in [3.8, 4) is 0 Å². The molecule has 0 aliphatic rings. The summed E-state index contributed by atoms with van der Waals surface area (Å²) in [6.45, 7) is 2.55. The van der Waals surface area contributed by atoms with Gasteiger partial charge in [-0.3, -0.25) is 28.8 Å². The van der Waals surface area contributed by atoms with Crippen LogP contribution in [0.15, 0.2) is 0 Å². The minimum atomic E-state index is -1.49. The number of amides is 5. The summed E-state index contributed by atoms with van der Waals surface area (Å²) in [4.78, 5) is 69.4. The summed E-state index contributed by atoms with van der Waals surface area (Å²) in [5.74, 6) is -5.55. The molecule has 0 aliphatic heterocycles. The van der Waals surface area contributed by atoms with Crippen LogP contribution in [0.25, 0.3) is 0 Å². The number of aliphatic carboxylic acids is 1. The van der Waals surface area contributed by atoms with Gasteiger partial charge in [-0.15, -0.1) is 0 Å². The summed E-state index contributed by atoms with van der Waals surface area (Å²) in [6.07, 6.45) is -1.05. The number of carboxylic acids is 1. The molecular weight excluding hydrogens is 376 g/mol. The largest absolute Gasteiger partial charge is 0.480 e. The zero-order chi connectivity index (χ0) is 22.0. The number of nitrogens with one attached hydrogen (secondary N) is 3. The lowest BCUT2D eigenvalue weighted by Gasteiger charge is -2.23. The van der Waals surface area contributed by atoms with Gasteiger partial charge in [0.1, 0.15) is 18.1 Å². The Kier molecular flexibility index (Phi) is 10.2. The van der Waals surface area contributed by atoms with Crippen molar-refractivity contribution in [3.63, 3.8) is 0 Å². The second-order valence-electron chi connectivity index (χ2n) is 6.15. The Morgan fingerprint density at radius 3 is 1.75 bits per heavy atom. The molecule has 0 rings (SSSR count). The summed E-state index contributed by atoms with van der Waals surface area (Å²) in [5.41, 5.74) is 15.5. The van der Waals surface area contributed by atoms with Crippen molar-refractivity contribution in [2.75, 3.05) is 0 Å². The first-order valence-electron chi connectivity index (χ1n) is 8.31. The van der Waals surface area contributed by atoms with Gasteiger partial charge in [0.25, 0.3) is 0 Å². The molecule has 0 heterocycles. The minimum Gasteiger partial charge on any atom is -0.480 e. The van der Waals surface area contributed by atoms with Gasteiger partial charge in [0.2, 0.25) is 29.5 Å². The molecule has 0 aliphatic carbocycles. The molecule has 5 amide bonds. The Hall–Kier alpha value is -3.22. The second kappa shape index (κ2) is 11.5. The van der Waals surface area contributed by atoms with Gasteiger partial charge in [-0.2, -0.15) is 0 Å². The van der Waals surface area contributed by atoms with Gasteiger partial charge in [-0.1, -0.05) is 0 Å². The van der Waals surface area contributed by atoms with Crippen LogP contribution in [0.3, 0.4) is 0 Å². The third-order valence-electron chi connectivity index (χ3n) is 3.49. The zero-order valence-corrected chi connectivity index (χ0v) is 15.6. The molecule has 0 bridgehead atoms. The van der Waals surface area contributed by atoms with Crippen molar-refractivity contribution in [1.29, 1.82) is 0 Å². The lowest BCUT2D eigenvalue weighted by atomic mass is 10.1. The Labute approximate surface area is 160 Å². The molecule has 0 fully saturated rings. The Morgan fingerprint density at radius 1 is 0.821 bits per heavy atom. The van der Waals surface area contributed by atoms with E-state index in [1.54, 1.807) is 0 Å². The molecular formula is C15H26N6O7. The summed E-state index contributed by atoms with van der Waals surface area (Å²) in [7, 11) is 0. The van der Waals surface area contributed by atoms with Crippen LogP contribution in [0.4, 0.5) is 0 Å². The van der Waals surface area contributed by atoms with Crippen molar-refractivity contribution in [3.05, 3.63) is 0 Å². The zero-order valence-electron chi connectivity index (χ0n) is 15.6. The smallest absolute Gasteiger partial charge is 0.325 e. The number of carbonyl (C=O) groups is 6. The molecule has 0 radical (unpaired) electrons. The van der Waals surface area contributed by atoms with E-state index in [4.69, 9.17) is 22.3 Å². The molecule has 0 aromatic carbocycles. The molecule has 0 saturated heterocycles. The van der Waals surface area contributed by atoms with Crippen molar-refractivity contribution in [1.82, 2.24) is 16.0 Å². The average Bonchev–Trinajstić information content (AvgIpc) is 2.56. The number of rotatable bonds is 12. The molecule has 0 saturated carbocycles. The number of nitrogens with two attached hydrogens (primary N) is 3. The van der Waals surface area contributed by atoms with Crippen LogP contribution in [-0.2, 0) is 28.8 Å². The van der Waals surface area contributed by atoms with Crippen LogP contribution < -0.4 is 33.2 Å². The van der Waals surface area contributed by atoms with Crippen LogP contribution in [0.1, 0.15) is 33.1 Å². The van der Waals surface area contributed by atoms with Crippen LogP contribution >= 0.6 is 0 Å². The molecule has 10 N–H and O–H groups in total. The monoisotopic (exact) mass is 402 g/mol. The first kappa shape index (κ1) is 24.8. The molecule has 4 unspecified atom stereocenters. The van der Waals surface area contributed by atoms with Gasteiger partial charge < -0.3 is 38.3 Å². The highest BCUT2D eigenvalue weighted by Crippen LogP contribution is 2.02. The second-order valence-corrected chi connectivity index (χ2v) is 6.15. The first-order valence-corrected chi connectivity index (χ1v) is 8.31.